The number of aryl methyl sites for hydroxylation is 2. The molecule has 19 heavy (non-hydrogen) atoms. The summed E-state index contributed by atoms with van der Waals surface area (Å²) in [7, 11) is 0. The van der Waals surface area contributed by atoms with Crippen LogP contribution < -0.4 is 5.43 Å². The van der Waals surface area contributed by atoms with Crippen molar-refractivity contribution in [2.24, 2.45) is 5.10 Å². The van der Waals surface area contributed by atoms with Crippen molar-refractivity contribution in [1.29, 1.82) is 0 Å². The topological polar surface area (TPSA) is 41.5 Å². The van der Waals surface area contributed by atoms with Gasteiger partial charge >= 0.3 is 0 Å². The van der Waals surface area contributed by atoms with E-state index in [4.69, 9.17) is 0 Å². The smallest absolute Gasteiger partial charge is 0.267 e. The van der Waals surface area contributed by atoms with E-state index in [2.05, 4.69) is 10.5 Å². The zero-order valence-electron chi connectivity index (χ0n) is 11.1. The molecule has 0 fully saturated rings. The van der Waals surface area contributed by atoms with Gasteiger partial charge in [-0.15, -0.1) is 0 Å². The Morgan fingerprint density at radius 2 is 1.79 bits per heavy atom. The molecule has 2 aromatic rings. The molecule has 0 radical (unpaired) electrons. The molecule has 0 saturated carbocycles. The fourth-order valence-electron chi connectivity index (χ4n) is 1.67. The quantitative estimate of drug-likeness (QED) is 0.662. The molecule has 0 aromatic heterocycles. The molecule has 0 atom stereocenters. The summed E-state index contributed by atoms with van der Waals surface area (Å²) in [6.45, 7) is 3.98. The van der Waals surface area contributed by atoms with E-state index in [1.807, 2.05) is 56.3 Å². The number of nitrogens with zero attached hydrogens (tertiary/aromatic N) is 1. The van der Waals surface area contributed by atoms with Crippen molar-refractivity contribution in [3.05, 3.63) is 70.8 Å². The van der Waals surface area contributed by atoms with Crippen molar-refractivity contribution < 1.29 is 4.79 Å². The maximum Gasteiger partial charge on any atom is 0.271 e. The van der Waals surface area contributed by atoms with E-state index < -0.39 is 0 Å². The second-order valence-corrected chi connectivity index (χ2v) is 4.48. The lowest BCUT2D eigenvalue weighted by molar-refractivity contribution is 0.0955. The van der Waals surface area contributed by atoms with Crippen LogP contribution in [-0.4, -0.2) is 12.1 Å². The summed E-state index contributed by atoms with van der Waals surface area (Å²) in [5.74, 6) is -0.202. The number of hydrogen-bond acceptors (Lipinski definition) is 2. The van der Waals surface area contributed by atoms with Gasteiger partial charge in [0, 0.05) is 5.56 Å². The predicted octanol–water partition coefficient (Wildman–Crippen LogP) is 3.07. The van der Waals surface area contributed by atoms with Gasteiger partial charge in [0.25, 0.3) is 5.91 Å². The molecule has 96 valence electrons. The summed E-state index contributed by atoms with van der Waals surface area (Å²) in [6, 6.07) is 15.3. The summed E-state index contributed by atoms with van der Waals surface area (Å²) in [6.07, 6.45) is 1.63. The molecule has 0 spiro atoms. The molecule has 0 unspecified atom stereocenters. The van der Waals surface area contributed by atoms with Gasteiger partial charge in [0.2, 0.25) is 0 Å². The summed E-state index contributed by atoms with van der Waals surface area (Å²) in [4.78, 5) is 11.8. The van der Waals surface area contributed by atoms with E-state index >= 15 is 0 Å². The lowest BCUT2D eigenvalue weighted by Crippen LogP contribution is -2.17. The van der Waals surface area contributed by atoms with Crippen LogP contribution in [0, 0.1) is 13.8 Å². The van der Waals surface area contributed by atoms with Crippen LogP contribution >= 0.6 is 0 Å². The van der Waals surface area contributed by atoms with Crippen LogP contribution in [0.2, 0.25) is 0 Å². The van der Waals surface area contributed by atoms with Crippen LogP contribution in [0.3, 0.4) is 0 Å². The standard InChI is InChI=1S/C16H16N2O/c1-12-6-8-14(9-7-12)11-17-18-16(19)15-5-3-4-13(2)10-15/h3-11H,1-2H3,(H,18,19). The van der Waals surface area contributed by atoms with Gasteiger partial charge in [-0.2, -0.15) is 5.10 Å². The molecule has 0 aliphatic carbocycles. The predicted molar refractivity (Wildman–Crippen MR) is 77.4 cm³/mol. The summed E-state index contributed by atoms with van der Waals surface area (Å²) in [5, 5.41) is 3.95. The van der Waals surface area contributed by atoms with Gasteiger partial charge in [-0.25, -0.2) is 5.43 Å². The van der Waals surface area contributed by atoms with E-state index in [-0.39, 0.29) is 5.91 Å². The van der Waals surface area contributed by atoms with Crippen LogP contribution in [0.15, 0.2) is 53.6 Å². The summed E-state index contributed by atoms with van der Waals surface area (Å²) < 4.78 is 0. The number of carbonyl (C=O) groups is 1. The second-order valence-electron chi connectivity index (χ2n) is 4.48. The average Bonchev–Trinajstić information content (AvgIpc) is 2.41. The highest BCUT2D eigenvalue weighted by Gasteiger charge is 2.02. The number of amides is 1. The zero-order chi connectivity index (χ0) is 13.7. The first-order valence-electron chi connectivity index (χ1n) is 6.12. The third kappa shape index (κ3) is 3.78. The highest BCUT2D eigenvalue weighted by molar-refractivity contribution is 5.95. The zero-order valence-corrected chi connectivity index (χ0v) is 11.1. The summed E-state index contributed by atoms with van der Waals surface area (Å²) in [5.41, 5.74) is 6.33. The molecule has 0 aliphatic rings. The molecule has 0 bridgehead atoms. The highest BCUT2D eigenvalue weighted by atomic mass is 16.2. The van der Waals surface area contributed by atoms with Crippen LogP contribution in [0.4, 0.5) is 0 Å². The third-order valence-corrected chi connectivity index (χ3v) is 2.74. The van der Waals surface area contributed by atoms with Crippen LogP contribution in [0.1, 0.15) is 27.0 Å². The molecule has 1 N–H and O–H groups in total. The van der Waals surface area contributed by atoms with Gasteiger partial charge in [0.1, 0.15) is 0 Å². The Bertz CT molecular complexity index is 600. The lowest BCUT2D eigenvalue weighted by Gasteiger charge is -2.00. The van der Waals surface area contributed by atoms with E-state index in [1.54, 1.807) is 12.3 Å². The van der Waals surface area contributed by atoms with Gasteiger partial charge in [0.05, 0.1) is 6.21 Å². The number of hydrazone groups is 1. The minimum absolute atomic E-state index is 0.202. The molecule has 0 aliphatic heterocycles. The molecular weight excluding hydrogens is 236 g/mol. The number of rotatable bonds is 3. The van der Waals surface area contributed by atoms with Gasteiger partial charge in [-0.05, 0) is 31.5 Å². The molecule has 2 rings (SSSR count). The van der Waals surface area contributed by atoms with Crippen LogP contribution in [0.5, 0.6) is 0 Å². The van der Waals surface area contributed by atoms with Crippen LogP contribution in [0.25, 0.3) is 0 Å². The lowest BCUT2D eigenvalue weighted by atomic mass is 10.1. The van der Waals surface area contributed by atoms with E-state index in [0.717, 1.165) is 11.1 Å². The van der Waals surface area contributed by atoms with Crippen LogP contribution in [-0.2, 0) is 0 Å². The maximum atomic E-state index is 11.8. The average molecular weight is 252 g/mol. The highest BCUT2D eigenvalue weighted by Crippen LogP contribution is 2.03. The largest absolute Gasteiger partial charge is 0.271 e. The van der Waals surface area contributed by atoms with Gasteiger partial charge in [0.15, 0.2) is 0 Å². The van der Waals surface area contributed by atoms with Crippen molar-refractivity contribution in [2.45, 2.75) is 13.8 Å². The van der Waals surface area contributed by atoms with Crippen molar-refractivity contribution in [3.63, 3.8) is 0 Å². The third-order valence-electron chi connectivity index (χ3n) is 2.74. The van der Waals surface area contributed by atoms with Gasteiger partial charge in [-0.3, -0.25) is 4.79 Å². The minimum atomic E-state index is -0.202. The summed E-state index contributed by atoms with van der Waals surface area (Å²) >= 11 is 0. The first kappa shape index (κ1) is 13.0. The molecule has 0 saturated heterocycles. The first-order valence-corrected chi connectivity index (χ1v) is 6.12. The monoisotopic (exact) mass is 252 g/mol. The SMILES string of the molecule is Cc1ccc(C=NNC(=O)c2cccc(C)c2)cc1. The Hall–Kier alpha value is -2.42. The Balaban J connectivity index is 1.98. The van der Waals surface area contributed by atoms with Gasteiger partial charge in [-0.1, -0.05) is 47.5 Å². The normalized spacial score (nSPS) is 10.6. The van der Waals surface area contributed by atoms with Crippen molar-refractivity contribution >= 4 is 12.1 Å². The molecule has 3 nitrogen and oxygen atoms in total. The molecular formula is C16H16N2O. The Kier molecular flexibility index (Phi) is 4.08. The van der Waals surface area contributed by atoms with E-state index in [9.17, 15) is 4.79 Å². The fourth-order valence-corrected chi connectivity index (χ4v) is 1.67. The number of hydrogen-bond donors (Lipinski definition) is 1. The molecule has 1 amide bonds. The van der Waals surface area contributed by atoms with Crippen molar-refractivity contribution in [2.75, 3.05) is 0 Å². The molecule has 0 heterocycles. The number of nitrogens with one attached hydrogen (secondary N) is 1. The maximum absolute atomic E-state index is 11.8. The number of carbonyl (C=O) groups excluding carboxylic acids is 1. The Morgan fingerprint density at radius 3 is 2.47 bits per heavy atom. The minimum Gasteiger partial charge on any atom is -0.267 e. The van der Waals surface area contributed by atoms with E-state index in [0.29, 0.717) is 5.56 Å². The van der Waals surface area contributed by atoms with E-state index in [1.165, 1.54) is 5.56 Å². The Labute approximate surface area is 113 Å². The van der Waals surface area contributed by atoms with Crippen molar-refractivity contribution in [1.82, 2.24) is 5.43 Å². The second kappa shape index (κ2) is 5.96. The fraction of sp³-hybridized carbons (Fsp3) is 0.125. The first-order chi connectivity index (χ1) is 9.15. The number of benzene rings is 2. The molecule has 3 heteroatoms. The van der Waals surface area contributed by atoms with Gasteiger partial charge < -0.3 is 0 Å². The van der Waals surface area contributed by atoms with Crippen molar-refractivity contribution in [3.8, 4) is 0 Å². The molecule has 2 aromatic carbocycles. The Morgan fingerprint density at radius 1 is 1.05 bits per heavy atom.